The Morgan fingerprint density at radius 1 is 1.38 bits per heavy atom. The van der Waals surface area contributed by atoms with Crippen LogP contribution in [0.5, 0.6) is 11.5 Å². The van der Waals surface area contributed by atoms with E-state index in [2.05, 4.69) is 15.6 Å². The lowest BCUT2D eigenvalue weighted by molar-refractivity contribution is 0.0420. The number of aliphatic imine (C=N–C) groups is 1. The maximum atomic E-state index is 9.93. The number of nitrogens with one attached hydrogen (secondary N) is 2. The second-order valence-corrected chi connectivity index (χ2v) is 5.83. The number of aromatic hydroxyl groups is 1. The molecule has 0 aromatic heterocycles. The molecule has 1 unspecified atom stereocenters. The van der Waals surface area contributed by atoms with E-state index in [1.807, 2.05) is 6.92 Å². The average Bonchev–Trinajstić information content (AvgIpc) is 3.14. The molecule has 1 fully saturated rings. The normalized spacial score (nSPS) is 16.8. The van der Waals surface area contributed by atoms with E-state index in [1.165, 1.54) is 0 Å². The smallest absolute Gasteiger partial charge is 0.191 e. The second-order valence-electron chi connectivity index (χ2n) is 5.83. The number of nitrogens with zero attached hydrogens (tertiary/aromatic N) is 1. The Balaban J connectivity index is 0.00000338. The average molecular weight is 479 g/mol. The van der Waals surface area contributed by atoms with Crippen LogP contribution in [0.3, 0.4) is 0 Å². The minimum absolute atomic E-state index is 0. The molecule has 1 aromatic carbocycles. The summed E-state index contributed by atoms with van der Waals surface area (Å²) in [6.07, 6.45) is 2.13. The van der Waals surface area contributed by atoms with Gasteiger partial charge in [-0.3, -0.25) is 0 Å². The van der Waals surface area contributed by atoms with Crippen LogP contribution in [0.15, 0.2) is 23.2 Å². The minimum atomic E-state index is 0. The van der Waals surface area contributed by atoms with E-state index in [0.717, 1.165) is 38.1 Å². The Bertz CT molecular complexity index is 551. The molecular formula is C18H30IN3O4. The van der Waals surface area contributed by atoms with Crippen LogP contribution in [0.1, 0.15) is 25.3 Å². The molecule has 1 heterocycles. The number of guanidine groups is 1. The van der Waals surface area contributed by atoms with Gasteiger partial charge in [-0.1, -0.05) is 0 Å². The van der Waals surface area contributed by atoms with Crippen molar-refractivity contribution < 1.29 is 19.3 Å². The summed E-state index contributed by atoms with van der Waals surface area (Å²) in [7, 11) is 1.60. The molecule has 0 spiro atoms. The van der Waals surface area contributed by atoms with Crippen LogP contribution in [-0.4, -0.2) is 57.2 Å². The first-order valence-corrected chi connectivity index (χ1v) is 8.80. The number of halogens is 1. The number of hydrogen-bond acceptors (Lipinski definition) is 5. The predicted octanol–water partition coefficient (Wildman–Crippen LogP) is 2.27. The SMILES string of the molecule is CCNC(=NCc1cc(OC)ccc1O)NCCCOC1CCOC1.I. The van der Waals surface area contributed by atoms with Crippen LogP contribution in [0.25, 0.3) is 0 Å². The van der Waals surface area contributed by atoms with E-state index < -0.39 is 0 Å². The van der Waals surface area contributed by atoms with Gasteiger partial charge < -0.3 is 30.0 Å². The summed E-state index contributed by atoms with van der Waals surface area (Å²) in [5.74, 6) is 1.63. The fraction of sp³-hybridized carbons (Fsp3) is 0.611. The molecular weight excluding hydrogens is 449 g/mol. The third-order valence-electron chi connectivity index (χ3n) is 3.89. The molecule has 0 saturated carbocycles. The highest BCUT2D eigenvalue weighted by Crippen LogP contribution is 2.23. The maximum absolute atomic E-state index is 9.93. The first kappa shape index (κ1) is 22.8. The molecule has 8 heteroatoms. The van der Waals surface area contributed by atoms with Crippen molar-refractivity contribution in [3.8, 4) is 11.5 Å². The van der Waals surface area contributed by atoms with Gasteiger partial charge >= 0.3 is 0 Å². The zero-order valence-corrected chi connectivity index (χ0v) is 17.8. The number of hydrogen-bond donors (Lipinski definition) is 3. The molecule has 2 rings (SSSR count). The van der Waals surface area contributed by atoms with Crippen LogP contribution in [0.4, 0.5) is 0 Å². The molecule has 0 amide bonds. The zero-order chi connectivity index (χ0) is 17.9. The van der Waals surface area contributed by atoms with Crippen molar-refractivity contribution in [3.63, 3.8) is 0 Å². The van der Waals surface area contributed by atoms with Crippen LogP contribution in [0.2, 0.25) is 0 Å². The van der Waals surface area contributed by atoms with Crippen LogP contribution >= 0.6 is 24.0 Å². The van der Waals surface area contributed by atoms with Crippen molar-refractivity contribution in [2.75, 3.05) is 40.0 Å². The van der Waals surface area contributed by atoms with E-state index in [0.29, 0.717) is 31.5 Å². The van der Waals surface area contributed by atoms with Gasteiger partial charge in [0.15, 0.2) is 5.96 Å². The van der Waals surface area contributed by atoms with Crippen molar-refractivity contribution >= 4 is 29.9 Å². The summed E-state index contributed by atoms with van der Waals surface area (Å²) in [5.41, 5.74) is 0.723. The maximum Gasteiger partial charge on any atom is 0.191 e. The highest BCUT2D eigenvalue weighted by molar-refractivity contribution is 14.0. The van der Waals surface area contributed by atoms with Gasteiger partial charge in [0.1, 0.15) is 11.5 Å². The van der Waals surface area contributed by atoms with Crippen LogP contribution in [-0.2, 0) is 16.0 Å². The van der Waals surface area contributed by atoms with Crippen molar-refractivity contribution in [2.45, 2.75) is 32.4 Å². The summed E-state index contributed by atoms with van der Waals surface area (Å²) >= 11 is 0. The largest absolute Gasteiger partial charge is 0.508 e. The van der Waals surface area contributed by atoms with Gasteiger partial charge in [-0.2, -0.15) is 0 Å². The number of methoxy groups -OCH3 is 1. The summed E-state index contributed by atoms with van der Waals surface area (Å²) in [6, 6.07) is 5.13. The molecule has 1 aromatic rings. The molecule has 1 aliphatic rings. The Hall–Kier alpha value is -1.26. The van der Waals surface area contributed by atoms with Gasteiger partial charge in [0.2, 0.25) is 0 Å². The Morgan fingerprint density at radius 3 is 2.92 bits per heavy atom. The molecule has 1 saturated heterocycles. The molecule has 148 valence electrons. The predicted molar refractivity (Wildman–Crippen MR) is 113 cm³/mol. The minimum Gasteiger partial charge on any atom is -0.508 e. The topological polar surface area (TPSA) is 84.3 Å². The standard InChI is InChI=1S/C18H29N3O4.HI/c1-3-19-18(20-8-4-9-25-16-7-10-24-13-16)21-12-14-11-15(23-2)5-6-17(14)22;/h5-6,11,16,22H,3-4,7-10,12-13H2,1-2H3,(H2,19,20,21);1H. The molecule has 0 radical (unpaired) electrons. The van der Waals surface area contributed by atoms with Gasteiger partial charge in [0.25, 0.3) is 0 Å². The molecule has 26 heavy (non-hydrogen) atoms. The number of ether oxygens (including phenoxy) is 3. The third-order valence-corrected chi connectivity index (χ3v) is 3.89. The Kier molecular flexibility index (Phi) is 11.4. The highest BCUT2D eigenvalue weighted by Gasteiger charge is 2.15. The zero-order valence-electron chi connectivity index (χ0n) is 15.5. The third kappa shape index (κ3) is 7.96. The summed E-state index contributed by atoms with van der Waals surface area (Å²) in [6.45, 7) is 6.14. The molecule has 7 nitrogen and oxygen atoms in total. The van der Waals surface area contributed by atoms with E-state index >= 15 is 0 Å². The Labute approximate surface area is 172 Å². The fourth-order valence-electron chi connectivity index (χ4n) is 2.49. The number of benzene rings is 1. The monoisotopic (exact) mass is 479 g/mol. The van der Waals surface area contributed by atoms with Crippen molar-refractivity contribution in [2.24, 2.45) is 4.99 Å². The lowest BCUT2D eigenvalue weighted by atomic mass is 10.2. The molecule has 0 bridgehead atoms. The van der Waals surface area contributed by atoms with Crippen molar-refractivity contribution in [1.29, 1.82) is 0 Å². The lowest BCUT2D eigenvalue weighted by Crippen LogP contribution is -2.38. The van der Waals surface area contributed by atoms with E-state index in [9.17, 15) is 5.11 Å². The summed E-state index contributed by atoms with van der Waals surface area (Å²) in [4.78, 5) is 4.51. The van der Waals surface area contributed by atoms with Crippen LogP contribution < -0.4 is 15.4 Å². The van der Waals surface area contributed by atoms with Crippen LogP contribution in [0, 0.1) is 0 Å². The molecule has 3 N–H and O–H groups in total. The molecule has 1 aliphatic heterocycles. The van der Waals surface area contributed by atoms with Crippen molar-refractivity contribution in [3.05, 3.63) is 23.8 Å². The van der Waals surface area contributed by atoms with Gasteiger partial charge in [0.05, 0.1) is 26.4 Å². The summed E-state index contributed by atoms with van der Waals surface area (Å²) in [5, 5.41) is 16.4. The quantitative estimate of drug-likeness (QED) is 0.218. The van der Waals surface area contributed by atoms with Gasteiger partial charge in [-0.15, -0.1) is 24.0 Å². The highest BCUT2D eigenvalue weighted by atomic mass is 127. The van der Waals surface area contributed by atoms with Gasteiger partial charge in [-0.25, -0.2) is 4.99 Å². The van der Waals surface area contributed by atoms with E-state index in [1.54, 1.807) is 25.3 Å². The second kappa shape index (κ2) is 13.0. The molecule has 0 aliphatic carbocycles. The molecule has 1 atom stereocenters. The van der Waals surface area contributed by atoms with Gasteiger partial charge in [-0.05, 0) is 38.0 Å². The lowest BCUT2D eigenvalue weighted by Gasteiger charge is -2.13. The first-order chi connectivity index (χ1) is 12.2. The fourth-order valence-corrected chi connectivity index (χ4v) is 2.49. The van der Waals surface area contributed by atoms with Crippen molar-refractivity contribution in [1.82, 2.24) is 10.6 Å². The Morgan fingerprint density at radius 2 is 2.23 bits per heavy atom. The van der Waals surface area contributed by atoms with E-state index in [-0.39, 0.29) is 35.8 Å². The summed E-state index contributed by atoms with van der Waals surface area (Å²) < 4.78 is 16.2. The van der Waals surface area contributed by atoms with E-state index in [4.69, 9.17) is 14.2 Å². The number of phenolic OH excluding ortho intramolecular Hbond substituents is 1. The van der Waals surface area contributed by atoms with Gasteiger partial charge in [0, 0.05) is 31.9 Å². The number of phenols is 1. The number of rotatable bonds is 9. The first-order valence-electron chi connectivity index (χ1n) is 8.80.